The van der Waals surface area contributed by atoms with Crippen molar-refractivity contribution in [2.45, 2.75) is 25.2 Å². The molecule has 0 aliphatic heterocycles. The molecular formula is C23H23ClN2O4S. The van der Waals surface area contributed by atoms with Gasteiger partial charge in [-0.3, -0.25) is 9.52 Å². The monoisotopic (exact) mass is 458 g/mol. The quantitative estimate of drug-likeness (QED) is 0.474. The highest BCUT2D eigenvalue weighted by Crippen LogP contribution is 2.33. The highest BCUT2D eigenvalue weighted by molar-refractivity contribution is 7.92. The Morgan fingerprint density at radius 2 is 1.77 bits per heavy atom. The van der Waals surface area contributed by atoms with Crippen LogP contribution in [0, 0.1) is 6.92 Å². The Bertz CT molecular complexity index is 1180. The molecule has 0 fully saturated rings. The van der Waals surface area contributed by atoms with Crippen molar-refractivity contribution in [1.82, 2.24) is 5.32 Å². The number of amides is 1. The molecule has 3 aromatic rings. The standard InChI is InChI=1S/C23H23ClN2O4S/c1-3-13-25-23(27)20-15-19(11-9-16(20)2)31(28,29)26-21-14-17(24)10-12-22(21)30-18-7-5-4-6-8-18/h4-12,14-15,26H,3,13H2,1-2H3,(H,25,27). The molecule has 8 heteroatoms. The summed E-state index contributed by atoms with van der Waals surface area (Å²) in [5.41, 5.74) is 1.18. The molecule has 0 aliphatic rings. The van der Waals surface area contributed by atoms with E-state index >= 15 is 0 Å². The third-order valence-corrected chi connectivity index (χ3v) is 6.05. The van der Waals surface area contributed by atoms with Gasteiger partial charge in [-0.1, -0.05) is 42.8 Å². The smallest absolute Gasteiger partial charge is 0.262 e. The van der Waals surface area contributed by atoms with E-state index in [-0.39, 0.29) is 16.5 Å². The average molecular weight is 459 g/mol. The lowest BCUT2D eigenvalue weighted by molar-refractivity contribution is 0.0953. The lowest BCUT2D eigenvalue weighted by Crippen LogP contribution is -2.25. The summed E-state index contributed by atoms with van der Waals surface area (Å²) < 4.78 is 34.5. The summed E-state index contributed by atoms with van der Waals surface area (Å²) in [6.45, 7) is 4.21. The lowest BCUT2D eigenvalue weighted by Gasteiger charge is -2.15. The van der Waals surface area contributed by atoms with Gasteiger partial charge >= 0.3 is 0 Å². The largest absolute Gasteiger partial charge is 0.455 e. The van der Waals surface area contributed by atoms with Crippen molar-refractivity contribution in [2.24, 2.45) is 0 Å². The van der Waals surface area contributed by atoms with E-state index in [1.54, 1.807) is 37.3 Å². The molecule has 0 spiro atoms. The first-order valence-electron chi connectivity index (χ1n) is 9.74. The van der Waals surface area contributed by atoms with Crippen LogP contribution in [-0.4, -0.2) is 20.9 Å². The van der Waals surface area contributed by atoms with Gasteiger partial charge < -0.3 is 10.1 Å². The number of carbonyl (C=O) groups is 1. The molecule has 0 bridgehead atoms. The van der Waals surface area contributed by atoms with Crippen molar-refractivity contribution < 1.29 is 17.9 Å². The Morgan fingerprint density at radius 3 is 2.48 bits per heavy atom. The summed E-state index contributed by atoms with van der Waals surface area (Å²) in [7, 11) is -4.01. The first-order chi connectivity index (χ1) is 14.8. The fourth-order valence-electron chi connectivity index (χ4n) is 2.84. The molecule has 31 heavy (non-hydrogen) atoms. The van der Waals surface area contributed by atoms with Gasteiger partial charge in [-0.25, -0.2) is 8.42 Å². The van der Waals surface area contributed by atoms with Crippen LogP contribution < -0.4 is 14.8 Å². The van der Waals surface area contributed by atoms with Gasteiger partial charge in [0, 0.05) is 17.1 Å². The van der Waals surface area contributed by atoms with Gasteiger partial charge in [-0.2, -0.15) is 0 Å². The lowest BCUT2D eigenvalue weighted by atomic mass is 10.1. The molecule has 0 heterocycles. The number of para-hydroxylation sites is 1. The summed E-state index contributed by atoms with van der Waals surface area (Å²) in [4.78, 5) is 12.4. The summed E-state index contributed by atoms with van der Waals surface area (Å²) in [5.74, 6) is 0.537. The van der Waals surface area contributed by atoms with E-state index < -0.39 is 10.0 Å². The Balaban J connectivity index is 1.92. The maximum atomic E-state index is 13.1. The fraction of sp³-hybridized carbons (Fsp3) is 0.174. The maximum absolute atomic E-state index is 13.1. The minimum absolute atomic E-state index is 0.0367. The number of rotatable bonds is 8. The van der Waals surface area contributed by atoms with Gasteiger partial charge in [-0.15, -0.1) is 0 Å². The molecular weight excluding hydrogens is 436 g/mol. The second-order valence-corrected chi connectivity index (χ2v) is 9.01. The number of anilines is 1. The zero-order chi connectivity index (χ0) is 22.4. The summed E-state index contributed by atoms with van der Waals surface area (Å²) in [6.07, 6.45) is 0.781. The molecule has 1 amide bonds. The molecule has 0 saturated carbocycles. The first-order valence-corrected chi connectivity index (χ1v) is 11.6. The van der Waals surface area contributed by atoms with Crippen LogP contribution in [0.5, 0.6) is 11.5 Å². The fourth-order valence-corrected chi connectivity index (χ4v) is 4.10. The SMILES string of the molecule is CCCNC(=O)c1cc(S(=O)(=O)Nc2cc(Cl)ccc2Oc2ccccc2)ccc1C. The maximum Gasteiger partial charge on any atom is 0.262 e. The van der Waals surface area contributed by atoms with Gasteiger partial charge in [0.1, 0.15) is 5.75 Å². The summed E-state index contributed by atoms with van der Waals surface area (Å²) in [6, 6.07) is 18.1. The first kappa shape index (κ1) is 22.7. The van der Waals surface area contributed by atoms with E-state index in [0.717, 1.165) is 6.42 Å². The van der Waals surface area contributed by atoms with Crippen molar-refractivity contribution in [1.29, 1.82) is 0 Å². The second kappa shape index (κ2) is 9.85. The van der Waals surface area contributed by atoms with Crippen LogP contribution in [-0.2, 0) is 10.0 Å². The molecule has 0 saturated heterocycles. The molecule has 2 N–H and O–H groups in total. The van der Waals surface area contributed by atoms with Crippen molar-refractivity contribution in [3.05, 3.63) is 82.9 Å². The van der Waals surface area contributed by atoms with Gasteiger partial charge in [0.05, 0.1) is 10.6 Å². The number of halogens is 1. The van der Waals surface area contributed by atoms with Crippen LogP contribution in [0.4, 0.5) is 5.69 Å². The van der Waals surface area contributed by atoms with Crippen LogP contribution in [0.25, 0.3) is 0 Å². The summed E-state index contributed by atoms with van der Waals surface area (Å²) in [5, 5.41) is 3.12. The van der Waals surface area contributed by atoms with Crippen LogP contribution in [0.3, 0.4) is 0 Å². The van der Waals surface area contributed by atoms with E-state index in [2.05, 4.69) is 10.0 Å². The van der Waals surface area contributed by atoms with Gasteiger partial charge in [0.2, 0.25) is 0 Å². The summed E-state index contributed by atoms with van der Waals surface area (Å²) >= 11 is 6.09. The minimum Gasteiger partial charge on any atom is -0.455 e. The molecule has 3 rings (SSSR count). The Morgan fingerprint density at radius 1 is 1.03 bits per heavy atom. The number of carbonyl (C=O) groups excluding carboxylic acids is 1. The van der Waals surface area contributed by atoms with Gasteiger partial charge in [-0.05, 0) is 61.4 Å². The molecule has 6 nitrogen and oxygen atoms in total. The van der Waals surface area contributed by atoms with E-state index in [4.69, 9.17) is 16.3 Å². The number of sulfonamides is 1. The van der Waals surface area contributed by atoms with Crippen LogP contribution in [0.15, 0.2) is 71.6 Å². The molecule has 0 aromatic heterocycles. The van der Waals surface area contributed by atoms with E-state index in [1.165, 1.54) is 18.2 Å². The molecule has 0 unspecified atom stereocenters. The van der Waals surface area contributed by atoms with E-state index in [1.807, 2.05) is 25.1 Å². The topological polar surface area (TPSA) is 84.5 Å². The predicted octanol–water partition coefficient (Wildman–Crippen LogP) is 5.38. The number of benzene rings is 3. The molecule has 0 aliphatic carbocycles. The highest BCUT2D eigenvalue weighted by atomic mass is 35.5. The normalized spacial score (nSPS) is 11.1. The van der Waals surface area contributed by atoms with Crippen molar-refractivity contribution in [3.63, 3.8) is 0 Å². The van der Waals surface area contributed by atoms with Crippen LogP contribution in [0.1, 0.15) is 29.3 Å². The number of ether oxygens (including phenoxy) is 1. The molecule has 162 valence electrons. The number of nitrogens with one attached hydrogen (secondary N) is 2. The highest BCUT2D eigenvalue weighted by Gasteiger charge is 2.20. The number of aryl methyl sites for hydroxylation is 1. The Labute approximate surface area is 187 Å². The predicted molar refractivity (Wildman–Crippen MR) is 123 cm³/mol. The van der Waals surface area contributed by atoms with Crippen LogP contribution in [0.2, 0.25) is 5.02 Å². The Kier molecular flexibility index (Phi) is 7.20. The number of hydrogen-bond donors (Lipinski definition) is 2. The second-order valence-electron chi connectivity index (χ2n) is 6.89. The van der Waals surface area contributed by atoms with E-state index in [9.17, 15) is 13.2 Å². The zero-order valence-electron chi connectivity index (χ0n) is 17.2. The third-order valence-electron chi connectivity index (χ3n) is 4.46. The number of hydrogen-bond acceptors (Lipinski definition) is 4. The molecule has 0 radical (unpaired) electrons. The molecule has 3 aromatic carbocycles. The zero-order valence-corrected chi connectivity index (χ0v) is 18.8. The van der Waals surface area contributed by atoms with E-state index in [0.29, 0.717) is 34.2 Å². The van der Waals surface area contributed by atoms with Gasteiger partial charge in [0.25, 0.3) is 15.9 Å². The molecule has 0 atom stereocenters. The van der Waals surface area contributed by atoms with Crippen molar-refractivity contribution in [2.75, 3.05) is 11.3 Å². The van der Waals surface area contributed by atoms with Crippen LogP contribution >= 0.6 is 11.6 Å². The van der Waals surface area contributed by atoms with Gasteiger partial charge in [0.15, 0.2) is 5.75 Å². The Hall–Kier alpha value is -3.03. The average Bonchev–Trinajstić information content (AvgIpc) is 2.74. The minimum atomic E-state index is -4.01. The van der Waals surface area contributed by atoms with Crippen molar-refractivity contribution in [3.8, 4) is 11.5 Å². The van der Waals surface area contributed by atoms with Crippen molar-refractivity contribution >= 4 is 33.2 Å². The third kappa shape index (κ3) is 5.77.